The monoisotopic (exact) mass is 287 g/mol. The number of rotatable bonds is 4. The number of amides is 1. The highest BCUT2D eigenvalue weighted by atomic mass is 16.4. The van der Waals surface area contributed by atoms with Crippen LogP contribution in [0.3, 0.4) is 0 Å². The second-order valence-electron chi connectivity index (χ2n) is 6.36. The highest BCUT2D eigenvalue weighted by Gasteiger charge is 2.45. The van der Waals surface area contributed by atoms with E-state index >= 15 is 0 Å². The van der Waals surface area contributed by atoms with Crippen molar-refractivity contribution in [2.45, 2.75) is 44.6 Å². The summed E-state index contributed by atoms with van der Waals surface area (Å²) < 4.78 is 0. The highest BCUT2D eigenvalue weighted by Crippen LogP contribution is 2.48. The minimum absolute atomic E-state index is 0.0386. The molecule has 0 heterocycles. The first-order valence-electron chi connectivity index (χ1n) is 7.65. The van der Waals surface area contributed by atoms with Crippen molar-refractivity contribution in [3.8, 4) is 0 Å². The molecule has 1 aromatic rings. The second kappa shape index (κ2) is 5.51. The van der Waals surface area contributed by atoms with Gasteiger partial charge in [-0.25, -0.2) is 0 Å². The van der Waals surface area contributed by atoms with E-state index in [-0.39, 0.29) is 23.8 Å². The van der Waals surface area contributed by atoms with E-state index in [9.17, 15) is 9.59 Å². The van der Waals surface area contributed by atoms with Gasteiger partial charge >= 0.3 is 5.97 Å². The van der Waals surface area contributed by atoms with Gasteiger partial charge in [-0.15, -0.1) is 0 Å². The fraction of sp³-hybridized carbons (Fsp3) is 0.529. The molecule has 0 unspecified atom stereocenters. The number of carbonyl (C=O) groups excluding carboxylic acids is 1. The maximum Gasteiger partial charge on any atom is 0.306 e. The molecule has 112 valence electrons. The zero-order valence-electron chi connectivity index (χ0n) is 12.2. The molecular weight excluding hydrogens is 266 g/mol. The highest BCUT2D eigenvalue weighted by molar-refractivity contribution is 5.83. The average molecular weight is 287 g/mol. The van der Waals surface area contributed by atoms with Crippen molar-refractivity contribution in [2.75, 3.05) is 0 Å². The van der Waals surface area contributed by atoms with Crippen molar-refractivity contribution < 1.29 is 14.7 Å². The number of hydrogen-bond acceptors (Lipinski definition) is 2. The molecule has 21 heavy (non-hydrogen) atoms. The third-order valence-electron chi connectivity index (χ3n) is 4.84. The van der Waals surface area contributed by atoms with Gasteiger partial charge in [0.15, 0.2) is 0 Å². The van der Waals surface area contributed by atoms with Crippen LogP contribution in [0.4, 0.5) is 0 Å². The Labute approximate surface area is 124 Å². The molecule has 0 aliphatic heterocycles. The SMILES string of the molecule is Cc1ccccc1[C@@H]1C[C@@H]1C(=O)N[C@H]1CC[C@@H](C(=O)O)C1. The van der Waals surface area contributed by atoms with Gasteiger partial charge in [0.25, 0.3) is 0 Å². The van der Waals surface area contributed by atoms with E-state index in [1.807, 2.05) is 12.1 Å². The Morgan fingerprint density at radius 3 is 2.62 bits per heavy atom. The van der Waals surface area contributed by atoms with E-state index in [1.165, 1.54) is 11.1 Å². The summed E-state index contributed by atoms with van der Waals surface area (Å²) in [5.41, 5.74) is 2.51. The Morgan fingerprint density at radius 1 is 1.19 bits per heavy atom. The first kappa shape index (κ1) is 14.1. The molecule has 2 aliphatic rings. The van der Waals surface area contributed by atoms with Gasteiger partial charge in [0.05, 0.1) is 5.92 Å². The largest absolute Gasteiger partial charge is 0.481 e. The van der Waals surface area contributed by atoms with E-state index in [0.29, 0.717) is 18.8 Å². The Bertz CT molecular complexity index is 569. The van der Waals surface area contributed by atoms with Crippen LogP contribution in [-0.2, 0) is 9.59 Å². The summed E-state index contributed by atoms with van der Waals surface area (Å²) in [5, 5.41) is 12.0. The minimum Gasteiger partial charge on any atom is -0.481 e. The molecule has 0 bridgehead atoms. The smallest absolute Gasteiger partial charge is 0.306 e. The Kier molecular flexibility index (Phi) is 3.70. The molecule has 2 saturated carbocycles. The van der Waals surface area contributed by atoms with Crippen molar-refractivity contribution in [1.82, 2.24) is 5.32 Å². The third-order valence-corrected chi connectivity index (χ3v) is 4.84. The summed E-state index contributed by atoms with van der Waals surface area (Å²) >= 11 is 0. The Balaban J connectivity index is 1.54. The van der Waals surface area contributed by atoms with Crippen LogP contribution in [0.15, 0.2) is 24.3 Å². The van der Waals surface area contributed by atoms with Crippen LogP contribution in [0.1, 0.15) is 42.7 Å². The lowest BCUT2D eigenvalue weighted by Crippen LogP contribution is -2.34. The lowest BCUT2D eigenvalue weighted by atomic mass is 10.0. The van der Waals surface area contributed by atoms with Gasteiger partial charge in [-0.1, -0.05) is 24.3 Å². The van der Waals surface area contributed by atoms with Gasteiger partial charge in [-0.05, 0) is 49.7 Å². The van der Waals surface area contributed by atoms with Gasteiger partial charge in [-0.2, -0.15) is 0 Å². The topological polar surface area (TPSA) is 66.4 Å². The van der Waals surface area contributed by atoms with Crippen LogP contribution in [0, 0.1) is 18.8 Å². The number of carboxylic acids is 1. The Morgan fingerprint density at radius 2 is 1.95 bits per heavy atom. The first-order valence-corrected chi connectivity index (χ1v) is 7.65. The minimum atomic E-state index is -0.740. The zero-order chi connectivity index (χ0) is 15.0. The van der Waals surface area contributed by atoms with Crippen molar-refractivity contribution in [3.05, 3.63) is 35.4 Å². The summed E-state index contributed by atoms with van der Waals surface area (Å²) in [7, 11) is 0. The Hall–Kier alpha value is -1.84. The molecule has 2 N–H and O–H groups in total. The summed E-state index contributed by atoms with van der Waals surface area (Å²) in [6, 6.07) is 8.25. The molecule has 0 spiro atoms. The van der Waals surface area contributed by atoms with Crippen molar-refractivity contribution in [2.24, 2.45) is 11.8 Å². The third kappa shape index (κ3) is 2.94. The first-order chi connectivity index (χ1) is 10.1. The lowest BCUT2D eigenvalue weighted by molar-refractivity contribution is -0.141. The molecule has 4 nitrogen and oxygen atoms in total. The van der Waals surface area contributed by atoms with Gasteiger partial charge in [0.2, 0.25) is 5.91 Å². The molecule has 1 aromatic carbocycles. The van der Waals surface area contributed by atoms with Crippen LogP contribution in [0.5, 0.6) is 0 Å². The number of aryl methyl sites for hydroxylation is 1. The van der Waals surface area contributed by atoms with Gasteiger partial charge in [-0.3, -0.25) is 9.59 Å². The molecule has 2 fully saturated rings. The van der Waals surface area contributed by atoms with Crippen molar-refractivity contribution in [3.63, 3.8) is 0 Å². The molecule has 0 radical (unpaired) electrons. The van der Waals surface area contributed by atoms with Gasteiger partial charge < -0.3 is 10.4 Å². The zero-order valence-corrected chi connectivity index (χ0v) is 12.2. The van der Waals surface area contributed by atoms with Crippen molar-refractivity contribution in [1.29, 1.82) is 0 Å². The summed E-state index contributed by atoms with van der Waals surface area (Å²) in [5.74, 6) is -0.533. The van der Waals surface area contributed by atoms with E-state index in [1.54, 1.807) is 0 Å². The average Bonchev–Trinajstić information content (AvgIpc) is 3.11. The fourth-order valence-electron chi connectivity index (χ4n) is 3.48. The van der Waals surface area contributed by atoms with Crippen LogP contribution in [-0.4, -0.2) is 23.0 Å². The molecular formula is C17H21NO3. The summed E-state index contributed by atoms with van der Waals surface area (Å²) in [6.45, 7) is 2.08. The maximum atomic E-state index is 12.3. The lowest BCUT2D eigenvalue weighted by Gasteiger charge is -2.12. The number of hydrogen-bond donors (Lipinski definition) is 2. The number of carbonyl (C=O) groups is 2. The number of benzene rings is 1. The second-order valence-corrected chi connectivity index (χ2v) is 6.36. The van der Waals surface area contributed by atoms with Crippen LogP contribution in [0.2, 0.25) is 0 Å². The molecule has 1 amide bonds. The fourth-order valence-corrected chi connectivity index (χ4v) is 3.48. The molecule has 2 aliphatic carbocycles. The van der Waals surface area contributed by atoms with E-state index in [2.05, 4.69) is 24.4 Å². The van der Waals surface area contributed by atoms with E-state index < -0.39 is 5.97 Å². The molecule has 4 atom stereocenters. The number of aliphatic carboxylic acids is 1. The van der Waals surface area contributed by atoms with Crippen molar-refractivity contribution >= 4 is 11.9 Å². The van der Waals surface area contributed by atoms with Gasteiger partial charge in [0.1, 0.15) is 0 Å². The van der Waals surface area contributed by atoms with E-state index in [4.69, 9.17) is 5.11 Å². The number of nitrogens with one attached hydrogen (secondary N) is 1. The molecule has 0 saturated heterocycles. The van der Waals surface area contributed by atoms with E-state index in [0.717, 1.165) is 12.8 Å². The number of carboxylic acid groups (broad SMARTS) is 1. The molecule has 3 rings (SSSR count). The summed E-state index contributed by atoms with van der Waals surface area (Å²) in [4.78, 5) is 23.2. The maximum absolute atomic E-state index is 12.3. The van der Waals surface area contributed by atoms with Crippen LogP contribution in [0.25, 0.3) is 0 Å². The quantitative estimate of drug-likeness (QED) is 0.894. The predicted octanol–water partition coefficient (Wildman–Crippen LogP) is 2.47. The van der Waals surface area contributed by atoms with Gasteiger partial charge in [0, 0.05) is 12.0 Å². The standard InChI is InChI=1S/C17H21NO3/c1-10-4-2-3-5-13(10)14-9-15(14)16(19)18-12-7-6-11(8-12)17(20)21/h2-5,11-12,14-15H,6-9H2,1H3,(H,18,19)(H,20,21)/t11-,12+,14+,15+/m1/s1. The molecule has 0 aromatic heterocycles. The van der Waals surface area contributed by atoms with Crippen LogP contribution < -0.4 is 5.32 Å². The van der Waals surface area contributed by atoms with Crippen LogP contribution >= 0.6 is 0 Å². The predicted molar refractivity (Wildman–Crippen MR) is 78.9 cm³/mol. The molecule has 4 heteroatoms. The summed E-state index contributed by atoms with van der Waals surface area (Å²) in [6.07, 6.45) is 2.94. The normalized spacial score (nSPS) is 30.9.